The summed E-state index contributed by atoms with van der Waals surface area (Å²) in [5.74, 6) is 5.38. The van der Waals surface area contributed by atoms with Crippen LogP contribution in [0.2, 0.25) is 0 Å². The molecule has 0 saturated heterocycles. The maximum Gasteiger partial charge on any atom is 0.202 e. The van der Waals surface area contributed by atoms with Gasteiger partial charge in [-0.3, -0.25) is 9.59 Å². The largest absolute Gasteiger partial charge is 0.508 e. The molecule has 0 aliphatic carbocycles. The maximum atomic E-state index is 11.4. The summed E-state index contributed by atoms with van der Waals surface area (Å²) in [6.07, 6.45) is 0.120. The fraction of sp³-hybridized carbons (Fsp3) is 0.158. The van der Waals surface area contributed by atoms with Gasteiger partial charge in [0.15, 0.2) is 5.78 Å². The third-order valence-corrected chi connectivity index (χ3v) is 3.27. The number of ketones is 2. The minimum atomic E-state index is -0.428. The molecular formula is C19H16O3. The Bertz CT molecular complexity index is 775. The molecule has 2 rings (SSSR count). The van der Waals surface area contributed by atoms with Crippen LogP contribution in [0.15, 0.2) is 42.5 Å². The van der Waals surface area contributed by atoms with Crippen molar-refractivity contribution in [2.75, 3.05) is 0 Å². The van der Waals surface area contributed by atoms with E-state index in [-0.39, 0.29) is 12.2 Å². The van der Waals surface area contributed by atoms with Gasteiger partial charge in [-0.1, -0.05) is 30.0 Å². The predicted octanol–water partition coefficient (Wildman–Crippen LogP) is 2.80. The Kier molecular flexibility index (Phi) is 4.75. The highest BCUT2D eigenvalue weighted by Gasteiger charge is 2.08. The van der Waals surface area contributed by atoms with Crippen molar-refractivity contribution in [3.8, 4) is 17.6 Å². The Morgan fingerprint density at radius 1 is 1.00 bits per heavy atom. The highest BCUT2D eigenvalue weighted by atomic mass is 16.3. The lowest BCUT2D eigenvalue weighted by molar-refractivity contribution is -0.134. The summed E-state index contributed by atoms with van der Waals surface area (Å²) < 4.78 is 0. The molecule has 0 spiro atoms. The molecule has 2 aromatic carbocycles. The van der Waals surface area contributed by atoms with Crippen LogP contribution in [-0.4, -0.2) is 16.7 Å². The van der Waals surface area contributed by atoms with Gasteiger partial charge in [0.25, 0.3) is 0 Å². The van der Waals surface area contributed by atoms with Gasteiger partial charge in [-0.2, -0.15) is 0 Å². The topological polar surface area (TPSA) is 54.4 Å². The van der Waals surface area contributed by atoms with E-state index in [2.05, 4.69) is 11.8 Å². The van der Waals surface area contributed by atoms with Crippen molar-refractivity contribution >= 4 is 11.6 Å². The molecule has 110 valence electrons. The van der Waals surface area contributed by atoms with Crippen LogP contribution in [0.1, 0.15) is 29.2 Å². The highest BCUT2D eigenvalue weighted by Crippen LogP contribution is 2.16. The molecule has 0 saturated carbocycles. The second-order valence-corrected chi connectivity index (χ2v) is 5.10. The van der Waals surface area contributed by atoms with Gasteiger partial charge in [0.05, 0.1) is 0 Å². The number of phenolic OH excluding ortho intramolecular Hbond substituents is 1. The van der Waals surface area contributed by atoms with Gasteiger partial charge < -0.3 is 5.11 Å². The van der Waals surface area contributed by atoms with Crippen LogP contribution in [0, 0.1) is 18.8 Å². The lowest BCUT2D eigenvalue weighted by atomic mass is 10.0. The molecule has 0 fully saturated rings. The molecule has 0 atom stereocenters. The number of aryl methyl sites for hydroxylation is 1. The van der Waals surface area contributed by atoms with Crippen LogP contribution in [-0.2, 0) is 16.0 Å². The highest BCUT2D eigenvalue weighted by molar-refractivity contribution is 6.36. The second-order valence-electron chi connectivity index (χ2n) is 5.10. The van der Waals surface area contributed by atoms with Crippen LogP contribution in [0.25, 0.3) is 0 Å². The number of aromatic hydroxyl groups is 1. The summed E-state index contributed by atoms with van der Waals surface area (Å²) in [4.78, 5) is 22.3. The smallest absolute Gasteiger partial charge is 0.202 e. The van der Waals surface area contributed by atoms with E-state index >= 15 is 0 Å². The SMILES string of the molecule is CC(=O)C(=O)Cc1ccc(C#Cc2ccc(C)c(O)c2)cc1. The van der Waals surface area contributed by atoms with Crippen molar-refractivity contribution in [1.82, 2.24) is 0 Å². The minimum absolute atomic E-state index is 0.120. The number of Topliss-reactive ketones (excluding diaryl/α,β-unsaturated/α-hetero) is 2. The van der Waals surface area contributed by atoms with Gasteiger partial charge >= 0.3 is 0 Å². The summed E-state index contributed by atoms with van der Waals surface area (Å²) in [6.45, 7) is 3.10. The number of rotatable bonds is 3. The molecule has 22 heavy (non-hydrogen) atoms. The zero-order chi connectivity index (χ0) is 16.1. The van der Waals surface area contributed by atoms with Crippen molar-refractivity contribution in [3.63, 3.8) is 0 Å². The van der Waals surface area contributed by atoms with Crippen molar-refractivity contribution < 1.29 is 14.7 Å². The standard InChI is InChI=1S/C19H16O3/c1-13-3-4-16(11-18(13)21)8-5-15-6-9-17(10-7-15)12-19(22)14(2)20/h3-4,6-7,9-11,21H,12H2,1-2H3. The first kappa shape index (κ1) is 15.5. The average Bonchev–Trinajstić information content (AvgIpc) is 2.49. The van der Waals surface area contributed by atoms with E-state index in [9.17, 15) is 14.7 Å². The third-order valence-electron chi connectivity index (χ3n) is 3.27. The minimum Gasteiger partial charge on any atom is -0.508 e. The van der Waals surface area contributed by atoms with Crippen LogP contribution in [0.3, 0.4) is 0 Å². The lowest BCUT2D eigenvalue weighted by Gasteiger charge is -1.99. The fourth-order valence-corrected chi connectivity index (χ4v) is 1.85. The van der Waals surface area contributed by atoms with Gasteiger partial charge in [0.2, 0.25) is 5.78 Å². The second kappa shape index (κ2) is 6.73. The van der Waals surface area contributed by atoms with Gasteiger partial charge in [-0.05, 0) is 42.3 Å². The van der Waals surface area contributed by atoms with E-state index < -0.39 is 11.6 Å². The van der Waals surface area contributed by atoms with E-state index in [0.717, 1.165) is 22.3 Å². The molecule has 0 aliphatic rings. The van der Waals surface area contributed by atoms with Crippen LogP contribution in [0.5, 0.6) is 5.75 Å². The number of hydrogen-bond acceptors (Lipinski definition) is 3. The summed E-state index contributed by atoms with van der Waals surface area (Å²) >= 11 is 0. The molecule has 0 aromatic heterocycles. The zero-order valence-electron chi connectivity index (χ0n) is 12.5. The van der Waals surface area contributed by atoms with E-state index in [1.807, 2.05) is 31.2 Å². The quantitative estimate of drug-likeness (QED) is 0.699. The Balaban J connectivity index is 2.11. The van der Waals surface area contributed by atoms with Crippen molar-refractivity contribution in [1.29, 1.82) is 0 Å². The summed E-state index contributed by atoms with van der Waals surface area (Å²) in [5, 5.41) is 9.64. The van der Waals surface area contributed by atoms with Crippen LogP contribution >= 0.6 is 0 Å². The van der Waals surface area contributed by atoms with Crippen molar-refractivity contribution in [2.24, 2.45) is 0 Å². The Labute approximate surface area is 129 Å². The first-order valence-corrected chi connectivity index (χ1v) is 6.90. The lowest BCUT2D eigenvalue weighted by Crippen LogP contribution is -2.12. The van der Waals surface area contributed by atoms with Gasteiger partial charge in [-0.15, -0.1) is 0 Å². The molecule has 0 unspecified atom stereocenters. The molecule has 0 aliphatic heterocycles. The number of carbonyl (C=O) groups is 2. The molecule has 0 amide bonds. The number of hydrogen-bond donors (Lipinski definition) is 1. The third kappa shape index (κ3) is 4.07. The first-order valence-electron chi connectivity index (χ1n) is 6.90. The van der Waals surface area contributed by atoms with E-state index in [1.54, 1.807) is 18.2 Å². The first-order chi connectivity index (χ1) is 10.5. The van der Waals surface area contributed by atoms with Crippen molar-refractivity contribution in [2.45, 2.75) is 20.3 Å². The monoisotopic (exact) mass is 292 g/mol. The average molecular weight is 292 g/mol. The molecule has 3 nitrogen and oxygen atoms in total. The Morgan fingerprint density at radius 2 is 1.59 bits per heavy atom. The molecule has 3 heteroatoms. The van der Waals surface area contributed by atoms with Gasteiger partial charge in [0.1, 0.15) is 5.75 Å². The number of carbonyl (C=O) groups excluding carboxylic acids is 2. The molecule has 0 radical (unpaired) electrons. The van der Waals surface area contributed by atoms with E-state index in [1.165, 1.54) is 6.92 Å². The summed E-state index contributed by atoms with van der Waals surface area (Å²) in [6, 6.07) is 12.5. The number of benzene rings is 2. The predicted molar refractivity (Wildman–Crippen MR) is 84.7 cm³/mol. The van der Waals surface area contributed by atoms with Crippen LogP contribution in [0.4, 0.5) is 0 Å². The van der Waals surface area contributed by atoms with Crippen molar-refractivity contribution in [3.05, 3.63) is 64.7 Å². The molecule has 0 bridgehead atoms. The molecule has 2 aromatic rings. The normalized spacial score (nSPS) is 9.73. The van der Waals surface area contributed by atoms with E-state index in [4.69, 9.17) is 0 Å². The fourth-order valence-electron chi connectivity index (χ4n) is 1.85. The maximum absolute atomic E-state index is 11.4. The van der Waals surface area contributed by atoms with Gasteiger partial charge in [-0.25, -0.2) is 0 Å². The Morgan fingerprint density at radius 3 is 2.18 bits per heavy atom. The summed E-state index contributed by atoms with van der Waals surface area (Å²) in [5.41, 5.74) is 3.14. The molecule has 0 heterocycles. The number of phenols is 1. The summed E-state index contributed by atoms with van der Waals surface area (Å²) in [7, 11) is 0. The van der Waals surface area contributed by atoms with Crippen LogP contribution < -0.4 is 0 Å². The van der Waals surface area contributed by atoms with Gasteiger partial charge in [0, 0.05) is 24.5 Å². The molecular weight excluding hydrogens is 276 g/mol. The zero-order valence-corrected chi connectivity index (χ0v) is 12.5. The van der Waals surface area contributed by atoms with E-state index in [0.29, 0.717) is 0 Å². The Hall–Kier alpha value is -2.86. The molecule has 1 N–H and O–H groups in total.